The molecule has 4 nitrogen and oxygen atoms in total. The van der Waals surface area contributed by atoms with Crippen molar-refractivity contribution in [2.75, 3.05) is 24.1 Å². The van der Waals surface area contributed by atoms with Crippen molar-refractivity contribution in [1.29, 1.82) is 0 Å². The summed E-state index contributed by atoms with van der Waals surface area (Å²) in [5.74, 6) is -0.694. The first-order chi connectivity index (χ1) is 8.35. The summed E-state index contributed by atoms with van der Waals surface area (Å²) in [6.45, 7) is 0.575. The van der Waals surface area contributed by atoms with Crippen molar-refractivity contribution in [3.8, 4) is 0 Å². The van der Waals surface area contributed by atoms with Gasteiger partial charge < -0.3 is 5.32 Å². The average Bonchev–Trinajstić information content (AvgIpc) is 2.23. The smallest absolute Gasteiger partial charge is 0.232 e. The number of benzene rings is 1. The molecule has 0 bridgehead atoms. The lowest BCUT2D eigenvalue weighted by molar-refractivity contribution is 0.596. The van der Waals surface area contributed by atoms with Gasteiger partial charge in [-0.1, -0.05) is 23.2 Å². The molecule has 8 heteroatoms. The molecule has 0 aliphatic heterocycles. The summed E-state index contributed by atoms with van der Waals surface area (Å²) in [5, 5.41) is 2.70. The molecule has 102 valence electrons. The highest BCUT2D eigenvalue weighted by Crippen LogP contribution is 2.32. The van der Waals surface area contributed by atoms with Gasteiger partial charge in [0.1, 0.15) is 5.82 Å². The number of nitrogens with one attached hydrogen (secondary N) is 2. The zero-order chi connectivity index (χ0) is 13.8. The molecule has 0 atom stereocenters. The molecule has 0 spiro atoms. The Labute approximate surface area is 116 Å². The summed E-state index contributed by atoms with van der Waals surface area (Å²) in [5.41, 5.74) is 0.00388. The molecule has 18 heavy (non-hydrogen) atoms. The molecule has 0 saturated carbocycles. The molecule has 2 N–H and O–H groups in total. The van der Waals surface area contributed by atoms with Crippen molar-refractivity contribution in [2.45, 2.75) is 6.42 Å². The Morgan fingerprint density at radius 3 is 2.33 bits per heavy atom. The van der Waals surface area contributed by atoms with Gasteiger partial charge >= 0.3 is 0 Å². The van der Waals surface area contributed by atoms with E-state index < -0.39 is 15.8 Å². The zero-order valence-electron chi connectivity index (χ0n) is 9.63. The minimum Gasteiger partial charge on any atom is -0.320 e. The minimum absolute atomic E-state index is 0.00388. The Hall–Kier alpha value is -0.560. The molecule has 0 aliphatic carbocycles. The van der Waals surface area contributed by atoms with Crippen molar-refractivity contribution in [1.82, 2.24) is 5.32 Å². The summed E-state index contributed by atoms with van der Waals surface area (Å²) in [4.78, 5) is 0. The van der Waals surface area contributed by atoms with Gasteiger partial charge in [0.2, 0.25) is 10.0 Å². The van der Waals surface area contributed by atoms with Gasteiger partial charge in [-0.3, -0.25) is 4.72 Å². The second-order valence-corrected chi connectivity index (χ2v) is 6.28. The summed E-state index contributed by atoms with van der Waals surface area (Å²) < 4.78 is 38.6. The fourth-order valence-electron chi connectivity index (χ4n) is 1.29. The highest BCUT2D eigenvalue weighted by atomic mass is 35.5. The van der Waals surface area contributed by atoms with Gasteiger partial charge in [-0.25, -0.2) is 12.8 Å². The molecule has 1 aromatic rings. The van der Waals surface area contributed by atoms with Gasteiger partial charge in [-0.2, -0.15) is 0 Å². The molecule has 0 heterocycles. The third-order valence-corrected chi connectivity index (χ3v) is 4.04. The number of rotatable bonds is 6. The maximum Gasteiger partial charge on any atom is 0.232 e. The van der Waals surface area contributed by atoms with E-state index in [0.717, 1.165) is 12.1 Å². The van der Waals surface area contributed by atoms with E-state index in [4.69, 9.17) is 23.2 Å². The first kappa shape index (κ1) is 15.5. The number of hydrogen-bond acceptors (Lipinski definition) is 3. The van der Waals surface area contributed by atoms with E-state index >= 15 is 0 Å². The quantitative estimate of drug-likeness (QED) is 0.793. The average molecular weight is 315 g/mol. The monoisotopic (exact) mass is 314 g/mol. The normalized spacial score (nSPS) is 11.6. The van der Waals surface area contributed by atoms with Crippen LogP contribution in [-0.4, -0.2) is 27.8 Å². The molecule has 0 unspecified atom stereocenters. The number of hydrogen-bond donors (Lipinski definition) is 2. The number of anilines is 1. The SMILES string of the molecule is CNCCCS(=O)(=O)Nc1c(Cl)cc(F)cc1Cl. The molecular weight excluding hydrogens is 302 g/mol. The lowest BCUT2D eigenvalue weighted by Crippen LogP contribution is -2.20. The predicted octanol–water partition coefficient (Wildman–Crippen LogP) is 2.48. The van der Waals surface area contributed by atoms with E-state index in [0.29, 0.717) is 13.0 Å². The third kappa shape index (κ3) is 4.61. The summed E-state index contributed by atoms with van der Waals surface area (Å²) in [6.07, 6.45) is 0.447. The van der Waals surface area contributed by atoms with Crippen LogP contribution in [0.2, 0.25) is 10.0 Å². The Kier molecular flexibility index (Phi) is 5.65. The van der Waals surface area contributed by atoms with Gasteiger partial charge in [0.25, 0.3) is 0 Å². The molecule has 0 aromatic heterocycles. The second kappa shape index (κ2) is 6.56. The maximum absolute atomic E-state index is 12.9. The van der Waals surface area contributed by atoms with E-state index in [9.17, 15) is 12.8 Å². The molecule has 1 aromatic carbocycles. The predicted molar refractivity (Wildman–Crippen MR) is 72.4 cm³/mol. The Balaban J connectivity index is 2.84. The third-order valence-electron chi connectivity index (χ3n) is 2.10. The van der Waals surface area contributed by atoms with Crippen LogP contribution >= 0.6 is 23.2 Å². The fraction of sp³-hybridized carbons (Fsp3) is 0.400. The summed E-state index contributed by atoms with van der Waals surface area (Å²) in [7, 11) is -1.82. The van der Waals surface area contributed by atoms with Crippen LogP contribution < -0.4 is 10.0 Å². The van der Waals surface area contributed by atoms with Gasteiger partial charge in [0, 0.05) is 0 Å². The van der Waals surface area contributed by atoms with E-state index in [1.165, 1.54) is 0 Å². The van der Waals surface area contributed by atoms with Crippen LogP contribution in [0.25, 0.3) is 0 Å². The van der Waals surface area contributed by atoms with Crippen LogP contribution in [0, 0.1) is 5.82 Å². The maximum atomic E-state index is 12.9. The zero-order valence-corrected chi connectivity index (χ0v) is 12.0. The van der Waals surface area contributed by atoms with Crippen LogP contribution in [0.3, 0.4) is 0 Å². The van der Waals surface area contributed by atoms with Crippen molar-refractivity contribution in [3.63, 3.8) is 0 Å². The lowest BCUT2D eigenvalue weighted by atomic mass is 10.3. The lowest BCUT2D eigenvalue weighted by Gasteiger charge is -2.11. The molecule has 1 rings (SSSR count). The Bertz CT molecular complexity index is 500. The molecule has 0 amide bonds. The van der Waals surface area contributed by atoms with Crippen LogP contribution in [0.1, 0.15) is 6.42 Å². The van der Waals surface area contributed by atoms with Crippen LogP contribution in [0.4, 0.5) is 10.1 Å². The van der Waals surface area contributed by atoms with E-state index in [2.05, 4.69) is 10.0 Å². The van der Waals surface area contributed by atoms with Gasteiger partial charge in [0.15, 0.2) is 0 Å². The standard InChI is InChI=1S/C10H13Cl2FN2O2S/c1-14-3-2-4-18(16,17)15-10-8(11)5-7(13)6-9(10)12/h5-6,14-15H,2-4H2,1H3. The molecule has 0 fully saturated rings. The van der Waals surface area contributed by atoms with E-state index in [1.807, 2.05) is 0 Å². The van der Waals surface area contributed by atoms with Crippen molar-refractivity contribution in [3.05, 3.63) is 28.0 Å². The van der Waals surface area contributed by atoms with Gasteiger partial charge in [-0.15, -0.1) is 0 Å². The second-order valence-electron chi connectivity index (χ2n) is 3.62. The molecule has 0 aliphatic rings. The van der Waals surface area contributed by atoms with Crippen LogP contribution in [-0.2, 0) is 10.0 Å². The topological polar surface area (TPSA) is 58.2 Å². The highest BCUT2D eigenvalue weighted by Gasteiger charge is 2.15. The number of halogens is 3. The van der Waals surface area contributed by atoms with Crippen molar-refractivity contribution in [2.24, 2.45) is 0 Å². The summed E-state index contributed by atoms with van der Waals surface area (Å²) in [6, 6.07) is 2.00. The van der Waals surface area contributed by atoms with Crippen molar-refractivity contribution < 1.29 is 12.8 Å². The first-order valence-electron chi connectivity index (χ1n) is 5.15. The molecule has 0 radical (unpaired) electrons. The van der Waals surface area contributed by atoms with Crippen LogP contribution in [0.15, 0.2) is 12.1 Å². The van der Waals surface area contributed by atoms with E-state index in [1.54, 1.807) is 7.05 Å². The largest absolute Gasteiger partial charge is 0.320 e. The first-order valence-corrected chi connectivity index (χ1v) is 7.56. The highest BCUT2D eigenvalue weighted by molar-refractivity contribution is 7.92. The van der Waals surface area contributed by atoms with Crippen molar-refractivity contribution >= 4 is 38.9 Å². The summed E-state index contributed by atoms with van der Waals surface area (Å²) >= 11 is 11.5. The Morgan fingerprint density at radius 1 is 1.28 bits per heavy atom. The minimum atomic E-state index is -3.55. The molecule has 0 saturated heterocycles. The number of sulfonamides is 1. The van der Waals surface area contributed by atoms with Crippen LogP contribution in [0.5, 0.6) is 0 Å². The van der Waals surface area contributed by atoms with E-state index in [-0.39, 0.29) is 21.5 Å². The fourth-order valence-corrected chi connectivity index (χ4v) is 3.11. The van der Waals surface area contributed by atoms with Gasteiger partial charge in [-0.05, 0) is 32.1 Å². The van der Waals surface area contributed by atoms with Gasteiger partial charge in [0.05, 0.1) is 21.5 Å². The Morgan fingerprint density at radius 2 is 1.83 bits per heavy atom. The molecular formula is C10H13Cl2FN2O2S.